The number of thioether (sulfide) groups is 1. The third-order valence-electron chi connectivity index (χ3n) is 3.15. The molecule has 2 atom stereocenters. The van der Waals surface area contributed by atoms with Gasteiger partial charge in [-0.15, -0.1) is 0 Å². The van der Waals surface area contributed by atoms with Gasteiger partial charge in [-0.25, -0.2) is 0 Å². The van der Waals surface area contributed by atoms with Crippen LogP contribution in [0.5, 0.6) is 0 Å². The summed E-state index contributed by atoms with van der Waals surface area (Å²) in [6, 6.07) is 0.378. The Hall–Kier alpha value is -0.260. The highest BCUT2D eigenvalue weighted by atomic mass is 32.2. The Morgan fingerprint density at radius 3 is 2.88 bits per heavy atom. The smallest absolute Gasteiger partial charge is 0.306 e. The van der Waals surface area contributed by atoms with Gasteiger partial charge in [-0.1, -0.05) is 6.42 Å². The zero-order valence-electron chi connectivity index (χ0n) is 10.2. The molecule has 0 aromatic rings. The number of carboxylic acid groups (broad SMARTS) is 1. The SMILES string of the molecule is O=C(O)C1CCCC(NCCSCCCO)C1. The van der Waals surface area contributed by atoms with Crippen LogP contribution in [0.4, 0.5) is 0 Å². The third kappa shape index (κ3) is 6.29. The summed E-state index contributed by atoms with van der Waals surface area (Å²) in [7, 11) is 0. The highest BCUT2D eigenvalue weighted by Crippen LogP contribution is 2.24. The van der Waals surface area contributed by atoms with E-state index in [1.807, 2.05) is 11.8 Å². The molecule has 1 aliphatic carbocycles. The molecule has 1 fully saturated rings. The number of carboxylic acids is 1. The predicted octanol–water partition coefficient (Wildman–Crippen LogP) is 1.33. The maximum Gasteiger partial charge on any atom is 0.306 e. The maximum atomic E-state index is 10.9. The molecule has 0 aliphatic heterocycles. The molecule has 3 N–H and O–H groups in total. The topological polar surface area (TPSA) is 69.6 Å². The van der Waals surface area contributed by atoms with Gasteiger partial charge in [-0.05, 0) is 31.4 Å². The molecule has 100 valence electrons. The van der Waals surface area contributed by atoms with E-state index < -0.39 is 5.97 Å². The van der Waals surface area contributed by atoms with Crippen LogP contribution in [0, 0.1) is 5.92 Å². The Balaban J connectivity index is 2.04. The van der Waals surface area contributed by atoms with Crippen molar-refractivity contribution < 1.29 is 15.0 Å². The van der Waals surface area contributed by atoms with Gasteiger partial charge in [-0.3, -0.25) is 4.79 Å². The van der Waals surface area contributed by atoms with Gasteiger partial charge < -0.3 is 15.5 Å². The second-order valence-electron chi connectivity index (χ2n) is 4.54. The summed E-state index contributed by atoms with van der Waals surface area (Å²) < 4.78 is 0. The number of hydrogen-bond donors (Lipinski definition) is 3. The summed E-state index contributed by atoms with van der Waals surface area (Å²) in [5.41, 5.74) is 0. The monoisotopic (exact) mass is 261 g/mol. The van der Waals surface area contributed by atoms with E-state index in [0.717, 1.165) is 50.2 Å². The van der Waals surface area contributed by atoms with Crippen molar-refractivity contribution in [1.29, 1.82) is 0 Å². The molecule has 0 heterocycles. The van der Waals surface area contributed by atoms with Crippen LogP contribution in [-0.4, -0.2) is 46.9 Å². The summed E-state index contributed by atoms with van der Waals surface area (Å²) in [4.78, 5) is 10.9. The van der Waals surface area contributed by atoms with Crippen molar-refractivity contribution in [3.05, 3.63) is 0 Å². The lowest BCUT2D eigenvalue weighted by Gasteiger charge is -2.27. The average molecular weight is 261 g/mol. The van der Waals surface area contributed by atoms with Crippen molar-refractivity contribution in [2.75, 3.05) is 24.7 Å². The summed E-state index contributed by atoms with van der Waals surface area (Å²) in [6.07, 6.45) is 4.59. The lowest BCUT2D eigenvalue weighted by atomic mass is 9.86. The Morgan fingerprint density at radius 1 is 1.35 bits per heavy atom. The lowest BCUT2D eigenvalue weighted by Crippen LogP contribution is -2.37. The van der Waals surface area contributed by atoms with Gasteiger partial charge in [0.15, 0.2) is 0 Å². The van der Waals surface area contributed by atoms with E-state index in [9.17, 15) is 4.79 Å². The van der Waals surface area contributed by atoms with Crippen LogP contribution in [0.25, 0.3) is 0 Å². The van der Waals surface area contributed by atoms with Gasteiger partial charge in [0, 0.05) is 24.9 Å². The first-order valence-corrected chi connectivity index (χ1v) is 7.54. The first kappa shape index (κ1) is 14.8. The number of aliphatic hydroxyl groups excluding tert-OH is 1. The van der Waals surface area contributed by atoms with Crippen LogP contribution in [0.2, 0.25) is 0 Å². The Labute approximate surface area is 107 Å². The molecule has 5 heteroatoms. The lowest BCUT2D eigenvalue weighted by molar-refractivity contribution is -0.143. The zero-order valence-corrected chi connectivity index (χ0v) is 11.0. The molecule has 0 aromatic carbocycles. The van der Waals surface area contributed by atoms with Crippen LogP contribution in [-0.2, 0) is 4.79 Å². The zero-order chi connectivity index (χ0) is 12.5. The van der Waals surface area contributed by atoms with Crippen molar-refractivity contribution in [3.8, 4) is 0 Å². The van der Waals surface area contributed by atoms with Gasteiger partial charge >= 0.3 is 5.97 Å². The van der Waals surface area contributed by atoms with E-state index in [0.29, 0.717) is 6.04 Å². The minimum Gasteiger partial charge on any atom is -0.481 e. The molecule has 0 aromatic heterocycles. The number of carbonyl (C=O) groups is 1. The predicted molar refractivity (Wildman–Crippen MR) is 70.4 cm³/mol. The average Bonchev–Trinajstić information content (AvgIpc) is 2.34. The summed E-state index contributed by atoms with van der Waals surface area (Å²) in [5, 5.41) is 21.0. The first-order chi connectivity index (χ1) is 8.24. The van der Waals surface area contributed by atoms with Crippen LogP contribution in [0.1, 0.15) is 32.1 Å². The van der Waals surface area contributed by atoms with E-state index >= 15 is 0 Å². The maximum absolute atomic E-state index is 10.9. The number of nitrogens with one attached hydrogen (secondary N) is 1. The number of aliphatic hydroxyl groups is 1. The normalized spacial score (nSPS) is 24.8. The van der Waals surface area contributed by atoms with Gasteiger partial charge in [0.2, 0.25) is 0 Å². The number of aliphatic carboxylic acids is 1. The molecule has 0 saturated heterocycles. The number of rotatable bonds is 8. The van der Waals surface area contributed by atoms with Crippen molar-refractivity contribution in [3.63, 3.8) is 0 Å². The molecule has 1 rings (SSSR count). The van der Waals surface area contributed by atoms with Gasteiger partial charge in [0.1, 0.15) is 0 Å². The fourth-order valence-electron chi connectivity index (χ4n) is 2.20. The standard InChI is InChI=1S/C12H23NO3S/c14-6-2-7-17-8-5-13-11-4-1-3-10(9-11)12(15)16/h10-11,13-14H,1-9H2,(H,15,16). The fraction of sp³-hybridized carbons (Fsp3) is 0.917. The first-order valence-electron chi connectivity index (χ1n) is 6.39. The molecule has 0 bridgehead atoms. The molecule has 0 radical (unpaired) electrons. The van der Waals surface area contributed by atoms with Crippen LogP contribution < -0.4 is 5.32 Å². The quantitative estimate of drug-likeness (QED) is 0.575. The summed E-state index contributed by atoms with van der Waals surface area (Å²) >= 11 is 1.83. The Bertz CT molecular complexity index is 226. The second-order valence-corrected chi connectivity index (χ2v) is 5.77. The van der Waals surface area contributed by atoms with Crippen molar-refractivity contribution in [1.82, 2.24) is 5.32 Å². The van der Waals surface area contributed by atoms with E-state index in [1.54, 1.807) is 0 Å². The molecule has 2 unspecified atom stereocenters. The molecule has 1 aliphatic rings. The van der Waals surface area contributed by atoms with Crippen molar-refractivity contribution >= 4 is 17.7 Å². The van der Waals surface area contributed by atoms with Crippen LogP contribution >= 0.6 is 11.8 Å². The second kappa shape index (κ2) is 8.78. The molecular formula is C12H23NO3S. The minimum atomic E-state index is -0.645. The van der Waals surface area contributed by atoms with Crippen molar-refractivity contribution in [2.45, 2.75) is 38.1 Å². The van der Waals surface area contributed by atoms with E-state index in [4.69, 9.17) is 10.2 Å². The number of hydrogen-bond acceptors (Lipinski definition) is 4. The third-order valence-corrected chi connectivity index (χ3v) is 4.22. The fourth-order valence-corrected chi connectivity index (χ4v) is 3.00. The molecule has 4 nitrogen and oxygen atoms in total. The van der Waals surface area contributed by atoms with Gasteiger partial charge in [0.05, 0.1) is 5.92 Å². The van der Waals surface area contributed by atoms with Gasteiger partial charge in [-0.2, -0.15) is 11.8 Å². The minimum absolute atomic E-state index is 0.150. The summed E-state index contributed by atoms with van der Waals surface area (Å²) in [5.74, 6) is 1.24. The molecular weight excluding hydrogens is 238 g/mol. The highest BCUT2D eigenvalue weighted by Gasteiger charge is 2.26. The molecule has 1 saturated carbocycles. The van der Waals surface area contributed by atoms with E-state index in [-0.39, 0.29) is 12.5 Å². The largest absolute Gasteiger partial charge is 0.481 e. The molecule has 0 spiro atoms. The summed E-state index contributed by atoms with van der Waals surface area (Å²) in [6.45, 7) is 1.20. The molecule has 17 heavy (non-hydrogen) atoms. The van der Waals surface area contributed by atoms with Crippen LogP contribution in [0.15, 0.2) is 0 Å². The van der Waals surface area contributed by atoms with E-state index in [2.05, 4.69) is 5.32 Å². The Morgan fingerprint density at radius 2 is 2.18 bits per heavy atom. The van der Waals surface area contributed by atoms with Crippen LogP contribution in [0.3, 0.4) is 0 Å². The van der Waals surface area contributed by atoms with E-state index in [1.165, 1.54) is 0 Å². The Kier molecular flexibility index (Phi) is 7.64. The van der Waals surface area contributed by atoms with Crippen molar-refractivity contribution in [2.24, 2.45) is 5.92 Å². The van der Waals surface area contributed by atoms with Gasteiger partial charge in [0.25, 0.3) is 0 Å². The molecule has 0 amide bonds. The highest BCUT2D eigenvalue weighted by molar-refractivity contribution is 7.99.